The van der Waals surface area contributed by atoms with Crippen molar-refractivity contribution in [2.45, 2.75) is 0 Å². The van der Waals surface area contributed by atoms with Gasteiger partial charge in [0.15, 0.2) is 6.29 Å². The van der Waals surface area contributed by atoms with Gasteiger partial charge in [0, 0.05) is 27.8 Å². The van der Waals surface area contributed by atoms with Crippen molar-refractivity contribution in [2.24, 2.45) is 0 Å². The van der Waals surface area contributed by atoms with Gasteiger partial charge in [0.2, 0.25) is 0 Å². The van der Waals surface area contributed by atoms with Crippen LogP contribution < -0.4 is 0 Å². The second-order valence-corrected chi connectivity index (χ2v) is 4.92. The number of pyridine rings is 1. The minimum Gasteiger partial charge on any atom is -0.313 e. The summed E-state index contributed by atoms with van der Waals surface area (Å²) in [6.07, 6.45) is 5.89. The summed E-state index contributed by atoms with van der Waals surface area (Å²) in [6, 6.07) is 6.01. The Morgan fingerprint density at radius 3 is 2.95 bits per heavy atom. The second kappa shape index (κ2) is 4.59. The lowest BCUT2D eigenvalue weighted by Crippen LogP contribution is -1.98. The summed E-state index contributed by atoms with van der Waals surface area (Å²) in [7, 11) is 0. The Balaban J connectivity index is 2.33. The number of benzene rings is 1. The standard InChI is InChI=1S/C14H8BrFN2O/c15-12-7-18(14-6-17-4-3-11(12)14)13-2-1-10(16)5-9(13)8-19/h1-8H. The fourth-order valence-corrected chi connectivity index (χ4v) is 2.61. The molecule has 3 rings (SSSR count). The Hall–Kier alpha value is -2.01. The zero-order chi connectivity index (χ0) is 13.4. The molecule has 5 heteroatoms. The van der Waals surface area contributed by atoms with Crippen molar-refractivity contribution in [2.75, 3.05) is 0 Å². The maximum absolute atomic E-state index is 13.2. The highest BCUT2D eigenvalue weighted by Gasteiger charge is 2.11. The zero-order valence-electron chi connectivity index (χ0n) is 9.68. The van der Waals surface area contributed by atoms with E-state index in [-0.39, 0.29) is 0 Å². The van der Waals surface area contributed by atoms with Crippen LogP contribution in [0.2, 0.25) is 0 Å². The topological polar surface area (TPSA) is 34.9 Å². The number of halogens is 2. The van der Waals surface area contributed by atoms with Crippen LogP contribution in [0.5, 0.6) is 0 Å². The van der Waals surface area contributed by atoms with Crippen molar-refractivity contribution >= 4 is 33.1 Å². The molecule has 0 aliphatic heterocycles. The van der Waals surface area contributed by atoms with Gasteiger partial charge in [-0.25, -0.2) is 4.39 Å². The minimum atomic E-state index is -0.431. The van der Waals surface area contributed by atoms with E-state index in [1.807, 2.05) is 16.8 Å². The number of aromatic nitrogens is 2. The molecule has 0 bridgehead atoms. The van der Waals surface area contributed by atoms with Crippen molar-refractivity contribution in [3.8, 4) is 5.69 Å². The molecule has 0 saturated heterocycles. The maximum atomic E-state index is 13.2. The monoisotopic (exact) mass is 318 g/mol. The highest BCUT2D eigenvalue weighted by atomic mass is 79.9. The molecule has 3 nitrogen and oxygen atoms in total. The van der Waals surface area contributed by atoms with E-state index < -0.39 is 5.82 Å². The van der Waals surface area contributed by atoms with Gasteiger partial charge in [-0.15, -0.1) is 0 Å². The van der Waals surface area contributed by atoms with Gasteiger partial charge in [0.05, 0.1) is 17.4 Å². The van der Waals surface area contributed by atoms with Gasteiger partial charge in [0.1, 0.15) is 5.82 Å². The number of aldehydes is 1. The summed E-state index contributed by atoms with van der Waals surface area (Å²) in [5.41, 5.74) is 1.78. The van der Waals surface area contributed by atoms with Gasteiger partial charge < -0.3 is 4.57 Å². The molecule has 19 heavy (non-hydrogen) atoms. The van der Waals surface area contributed by atoms with Gasteiger partial charge in [-0.05, 0) is 40.2 Å². The molecule has 1 aromatic carbocycles. The average Bonchev–Trinajstić information content (AvgIpc) is 2.76. The van der Waals surface area contributed by atoms with Crippen LogP contribution >= 0.6 is 15.9 Å². The van der Waals surface area contributed by atoms with Crippen molar-refractivity contribution in [1.29, 1.82) is 0 Å². The third kappa shape index (κ3) is 1.96. The number of rotatable bonds is 2. The van der Waals surface area contributed by atoms with E-state index in [0.717, 1.165) is 15.4 Å². The largest absolute Gasteiger partial charge is 0.313 e. The van der Waals surface area contributed by atoms with Crippen LogP contribution in [0.4, 0.5) is 4.39 Å². The summed E-state index contributed by atoms with van der Waals surface area (Å²) in [5, 5.41) is 0.983. The number of carbonyl (C=O) groups is 1. The summed E-state index contributed by atoms with van der Waals surface area (Å²) in [5.74, 6) is -0.431. The van der Waals surface area contributed by atoms with Gasteiger partial charge in [0.25, 0.3) is 0 Å². The Kier molecular flexibility index (Phi) is 2.91. The molecule has 0 atom stereocenters. The minimum absolute atomic E-state index is 0.299. The first-order chi connectivity index (χ1) is 9.20. The van der Waals surface area contributed by atoms with Crippen LogP contribution in [-0.4, -0.2) is 15.8 Å². The molecule has 0 unspecified atom stereocenters. The Morgan fingerprint density at radius 2 is 2.16 bits per heavy atom. The van der Waals surface area contributed by atoms with E-state index in [4.69, 9.17) is 0 Å². The average molecular weight is 319 g/mol. The summed E-state index contributed by atoms with van der Waals surface area (Å²) in [4.78, 5) is 15.2. The van der Waals surface area contributed by atoms with E-state index in [1.165, 1.54) is 12.1 Å². The fourth-order valence-electron chi connectivity index (χ4n) is 2.07. The van der Waals surface area contributed by atoms with E-state index >= 15 is 0 Å². The van der Waals surface area contributed by atoms with E-state index in [0.29, 0.717) is 17.5 Å². The van der Waals surface area contributed by atoms with E-state index in [1.54, 1.807) is 18.5 Å². The molecule has 3 aromatic rings. The summed E-state index contributed by atoms with van der Waals surface area (Å²) < 4.78 is 15.9. The molecule has 0 spiro atoms. The van der Waals surface area contributed by atoms with Crippen molar-refractivity contribution in [1.82, 2.24) is 9.55 Å². The first kappa shape index (κ1) is 12.0. The van der Waals surface area contributed by atoms with Crippen LogP contribution in [-0.2, 0) is 0 Å². The van der Waals surface area contributed by atoms with Gasteiger partial charge in [-0.2, -0.15) is 0 Å². The van der Waals surface area contributed by atoms with Gasteiger partial charge in [-0.1, -0.05) is 0 Å². The molecule has 0 N–H and O–H groups in total. The molecule has 0 radical (unpaired) electrons. The molecule has 0 aliphatic rings. The van der Waals surface area contributed by atoms with Crippen LogP contribution in [0.15, 0.2) is 47.3 Å². The van der Waals surface area contributed by atoms with Crippen molar-refractivity contribution in [3.63, 3.8) is 0 Å². The number of hydrogen-bond acceptors (Lipinski definition) is 2. The van der Waals surface area contributed by atoms with Crippen LogP contribution in [0.25, 0.3) is 16.6 Å². The molecular formula is C14H8BrFN2O. The third-order valence-corrected chi connectivity index (χ3v) is 3.57. The number of nitrogens with zero attached hydrogens (tertiary/aromatic N) is 2. The SMILES string of the molecule is O=Cc1cc(F)ccc1-n1cc(Br)c2ccncc21. The second-order valence-electron chi connectivity index (χ2n) is 4.06. The first-order valence-corrected chi connectivity index (χ1v) is 6.35. The molecular weight excluding hydrogens is 311 g/mol. The third-order valence-electron chi connectivity index (χ3n) is 2.94. The predicted octanol–water partition coefficient (Wildman–Crippen LogP) is 3.74. The van der Waals surface area contributed by atoms with E-state index in [9.17, 15) is 9.18 Å². The number of carbonyl (C=O) groups excluding carboxylic acids is 1. The number of hydrogen-bond donors (Lipinski definition) is 0. The lowest BCUT2D eigenvalue weighted by molar-refractivity contribution is 0.112. The van der Waals surface area contributed by atoms with Crippen molar-refractivity contribution < 1.29 is 9.18 Å². The van der Waals surface area contributed by atoms with Crippen LogP contribution in [0, 0.1) is 5.82 Å². The first-order valence-electron chi connectivity index (χ1n) is 5.56. The Bertz CT molecular complexity index is 782. The lowest BCUT2D eigenvalue weighted by Gasteiger charge is -2.07. The molecule has 2 aromatic heterocycles. The molecule has 0 fully saturated rings. The zero-order valence-corrected chi connectivity index (χ0v) is 11.3. The fraction of sp³-hybridized carbons (Fsp3) is 0. The van der Waals surface area contributed by atoms with Crippen LogP contribution in [0.1, 0.15) is 10.4 Å². The lowest BCUT2D eigenvalue weighted by atomic mass is 10.2. The molecule has 0 saturated carbocycles. The Morgan fingerprint density at radius 1 is 1.32 bits per heavy atom. The quantitative estimate of drug-likeness (QED) is 0.675. The highest BCUT2D eigenvalue weighted by Crippen LogP contribution is 2.29. The summed E-state index contributed by atoms with van der Waals surface area (Å²) >= 11 is 3.46. The smallest absolute Gasteiger partial charge is 0.152 e. The summed E-state index contributed by atoms with van der Waals surface area (Å²) in [6.45, 7) is 0. The number of fused-ring (bicyclic) bond motifs is 1. The van der Waals surface area contributed by atoms with Crippen molar-refractivity contribution in [3.05, 3.63) is 58.7 Å². The molecule has 0 aliphatic carbocycles. The molecule has 94 valence electrons. The van der Waals surface area contributed by atoms with Crippen LogP contribution in [0.3, 0.4) is 0 Å². The maximum Gasteiger partial charge on any atom is 0.152 e. The molecule has 0 amide bonds. The Labute approximate surface area is 116 Å². The van der Waals surface area contributed by atoms with E-state index in [2.05, 4.69) is 20.9 Å². The normalized spacial score (nSPS) is 10.8. The van der Waals surface area contributed by atoms with Gasteiger partial charge >= 0.3 is 0 Å². The highest BCUT2D eigenvalue weighted by molar-refractivity contribution is 9.10. The predicted molar refractivity (Wildman–Crippen MR) is 74.1 cm³/mol. The van der Waals surface area contributed by atoms with Gasteiger partial charge in [-0.3, -0.25) is 9.78 Å². The molecule has 2 heterocycles.